The van der Waals surface area contributed by atoms with Crippen molar-refractivity contribution in [1.29, 1.82) is 0 Å². The Labute approximate surface area is 196 Å². The SMILES string of the molecule is COC(=O)[C@H]1CC=CC[C@H]1C(=O)N1CCC2(CCN(C(=O)Nc3ccc(C)cc3C)CC2)C1. The van der Waals surface area contributed by atoms with Crippen LogP contribution in [0.3, 0.4) is 0 Å². The number of methoxy groups -OCH3 is 1. The Hall–Kier alpha value is -2.83. The summed E-state index contributed by atoms with van der Waals surface area (Å²) >= 11 is 0. The van der Waals surface area contributed by atoms with Crippen molar-refractivity contribution >= 4 is 23.6 Å². The molecule has 1 aromatic rings. The van der Waals surface area contributed by atoms with Crippen molar-refractivity contribution in [3.8, 4) is 0 Å². The van der Waals surface area contributed by atoms with Crippen LogP contribution in [0.4, 0.5) is 10.5 Å². The van der Waals surface area contributed by atoms with Crippen LogP contribution in [0.2, 0.25) is 0 Å². The first-order chi connectivity index (χ1) is 15.8. The Morgan fingerprint density at radius 1 is 0.970 bits per heavy atom. The van der Waals surface area contributed by atoms with Gasteiger partial charge in [0.2, 0.25) is 5.91 Å². The van der Waals surface area contributed by atoms with Gasteiger partial charge in [0.05, 0.1) is 18.9 Å². The lowest BCUT2D eigenvalue weighted by molar-refractivity contribution is -0.153. The number of hydrogen-bond donors (Lipinski definition) is 1. The molecule has 7 nitrogen and oxygen atoms in total. The molecule has 2 aliphatic heterocycles. The van der Waals surface area contributed by atoms with E-state index < -0.39 is 0 Å². The molecule has 0 aromatic heterocycles. The summed E-state index contributed by atoms with van der Waals surface area (Å²) in [6.07, 6.45) is 7.86. The van der Waals surface area contributed by atoms with Gasteiger partial charge >= 0.3 is 12.0 Å². The minimum atomic E-state index is -0.389. The van der Waals surface area contributed by atoms with Gasteiger partial charge in [0.1, 0.15) is 0 Å². The highest BCUT2D eigenvalue weighted by Crippen LogP contribution is 2.42. The lowest BCUT2D eigenvalue weighted by Gasteiger charge is -2.39. The molecular formula is C26H35N3O4. The van der Waals surface area contributed by atoms with Gasteiger partial charge in [-0.15, -0.1) is 0 Å². The third kappa shape index (κ3) is 4.92. The van der Waals surface area contributed by atoms with Crippen molar-refractivity contribution in [2.75, 3.05) is 38.6 Å². The molecule has 3 amide bonds. The van der Waals surface area contributed by atoms with Crippen LogP contribution in [-0.2, 0) is 14.3 Å². The van der Waals surface area contributed by atoms with Gasteiger partial charge in [-0.1, -0.05) is 29.8 Å². The highest BCUT2D eigenvalue weighted by molar-refractivity contribution is 5.90. The zero-order valence-corrected chi connectivity index (χ0v) is 19.9. The first-order valence-electron chi connectivity index (χ1n) is 12.0. The molecule has 3 aliphatic rings. The smallest absolute Gasteiger partial charge is 0.321 e. The predicted octanol–water partition coefficient (Wildman–Crippen LogP) is 3.91. The fourth-order valence-corrected chi connectivity index (χ4v) is 5.60. The fourth-order valence-electron chi connectivity index (χ4n) is 5.60. The zero-order chi connectivity index (χ0) is 23.6. The van der Waals surface area contributed by atoms with Crippen molar-refractivity contribution in [2.24, 2.45) is 17.3 Å². The van der Waals surface area contributed by atoms with E-state index >= 15 is 0 Å². The molecular weight excluding hydrogens is 418 g/mol. The van der Waals surface area contributed by atoms with Crippen LogP contribution < -0.4 is 5.32 Å². The number of ether oxygens (including phenoxy) is 1. The van der Waals surface area contributed by atoms with Gasteiger partial charge in [-0.3, -0.25) is 9.59 Å². The highest BCUT2D eigenvalue weighted by Gasteiger charge is 2.45. The number of nitrogens with one attached hydrogen (secondary N) is 1. The normalized spacial score (nSPS) is 24.1. The number of rotatable bonds is 3. The topological polar surface area (TPSA) is 79.0 Å². The molecule has 1 spiro atoms. The lowest BCUT2D eigenvalue weighted by atomic mass is 9.77. The Kier molecular flexibility index (Phi) is 6.77. The molecule has 1 aromatic carbocycles. The van der Waals surface area contributed by atoms with Crippen LogP contribution in [0, 0.1) is 31.1 Å². The molecule has 33 heavy (non-hydrogen) atoms. The predicted molar refractivity (Wildman–Crippen MR) is 127 cm³/mol. The number of nitrogens with zero attached hydrogens (tertiary/aromatic N) is 2. The van der Waals surface area contributed by atoms with Gasteiger partial charge in [0, 0.05) is 31.9 Å². The van der Waals surface area contributed by atoms with E-state index in [1.54, 1.807) is 0 Å². The van der Waals surface area contributed by atoms with Crippen molar-refractivity contribution in [2.45, 2.75) is 46.0 Å². The molecule has 2 fully saturated rings. The van der Waals surface area contributed by atoms with Crippen molar-refractivity contribution in [1.82, 2.24) is 9.80 Å². The largest absolute Gasteiger partial charge is 0.469 e. The number of carbonyl (C=O) groups is 3. The second-order valence-corrected chi connectivity index (χ2v) is 9.92. The van der Waals surface area contributed by atoms with E-state index in [1.807, 2.05) is 47.9 Å². The summed E-state index contributed by atoms with van der Waals surface area (Å²) in [6, 6.07) is 5.97. The minimum absolute atomic E-state index is 0.0577. The molecule has 0 unspecified atom stereocenters. The molecule has 0 saturated carbocycles. The summed E-state index contributed by atoms with van der Waals surface area (Å²) in [5, 5.41) is 3.05. The second kappa shape index (κ2) is 9.57. The summed E-state index contributed by atoms with van der Waals surface area (Å²) in [5.41, 5.74) is 3.15. The van der Waals surface area contributed by atoms with E-state index in [9.17, 15) is 14.4 Å². The number of likely N-dealkylation sites (tertiary alicyclic amines) is 2. The second-order valence-electron chi connectivity index (χ2n) is 9.92. The van der Waals surface area contributed by atoms with Gasteiger partial charge in [-0.05, 0) is 63.0 Å². The number of esters is 1. The minimum Gasteiger partial charge on any atom is -0.469 e. The average Bonchev–Trinajstić information content (AvgIpc) is 3.23. The molecule has 0 bridgehead atoms. The number of aryl methyl sites for hydroxylation is 2. The number of benzene rings is 1. The maximum Gasteiger partial charge on any atom is 0.321 e. The summed E-state index contributed by atoms with van der Waals surface area (Å²) in [5.74, 6) is -0.947. The van der Waals surface area contributed by atoms with Crippen LogP contribution in [0.1, 0.15) is 43.2 Å². The Morgan fingerprint density at radius 3 is 2.24 bits per heavy atom. The van der Waals surface area contributed by atoms with E-state index in [0.29, 0.717) is 32.5 Å². The van der Waals surface area contributed by atoms with E-state index in [0.717, 1.165) is 37.1 Å². The molecule has 0 radical (unpaired) electrons. The Balaban J connectivity index is 1.33. The Morgan fingerprint density at radius 2 is 1.61 bits per heavy atom. The fraction of sp³-hybridized carbons (Fsp3) is 0.577. The van der Waals surface area contributed by atoms with Gasteiger partial charge in [0.15, 0.2) is 0 Å². The molecule has 1 aliphatic carbocycles. The Bertz CT molecular complexity index is 949. The third-order valence-corrected chi connectivity index (χ3v) is 7.74. The molecule has 178 valence electrons. The van der Waals surface area contributed by atoms with Crippen LogP contribution in [0.25, 0.3) is 0 Å². The molecule has 7 heteroatoms. The van der Waals surface area contributed by atoms with Gasteiger partial charge in [-0.2, -0.15) is 0 Å². The van der Waals surface area contributed by atoms with Crippen LogP contribution >= 0.6 is 0 Å². The summed E-state index contributed by atoms with van der Waals surface area (Å²) in [4.78, 5) is 42.1. The zero-order valence-electron chi connectivity index (χ0n) is 19.9. The molecule has 2 heterocycles. The quantitative estimate of drug-likeness (QED) is 0.556. The number of allylic oxidation sites excluding steroid dienone is 2. The van der Waals surface area contributed by atoms with Crippen molar-refractivity contribution in [3.63, 3.8) is 0 Å². The van der Waals surface area contributed by atoms with Crippen LogP contribution in [0.15, 0.2) is 30.4 Å². The number of urea groups is 1. The van der Waals surface area contributed by atoms with Crippen LogP contribution in [0.5, 0.6) is 0 Å². The van der Waals surface area contributed by atoms with Crippen molar-refractivity contribution in [3.05, 3.63) is 41.5 Å². The standard InChI is InChI=1S/C26H35N3O4/c1-18-8-9-22(19(2)16-18)27-25(32)28-13-10-26(11-14-28)12-15-29(17-26)23(30)20-6-4-5-7-21(20)24(31)33-3/h4-5,8-9,16,20-21H,6-7,10-15,17H2,1-3H3,(H,27,32)/t20-,21+/m1/s1. The summed E-state index contributed by atoms with van der Waals surface area (Å²) < 4.78 is 4.95. The van der Waals surface area contributed by atoms with Crippen molar-refractivity contribution < 1.29 is 19.1 Å². The van der Waals surface area contributed by atoms with Gasteiger partial charge in [0.25, 0.3) is 0 Å². The number of anilines is 1. The van der Waals surface area contributed by atoms with Crippen LogP contribution in [-0.4, -0.2) is 61.0 Å². The first-order valence-corrected chi connectivity index (χ1v) is 12.0. The molecule has 1 N–H and O–H groups in total. The number of piperidine rings is 1. The maximum absolute atomic E-state index is 13.3. The van der Waals surface area contributed by atoms with E-state index in [2.05, 4.69) is 11.4 Å². The summed E-state index contributed by atoms with van der Waals surface area (Å²) in [7, 11) is 1.39. The third-order valence-electron chi connectivity index (χ3n) is 7.74. The first kappa shape index (κ1) is 23.3. The lowest BCUT2D eigenvalue weighted by Crippen LogP contribution is -2.47. The number of amides is 3. The highest BCUT2D eigenvalue weighted by atomic mass is 16.5. The average molecular weight is 454 g/mol. The molecule has 2 atom stereocenters. The summed E-state index contributed by atoms with van der Waals surface area (Å²) in [6.45, 7) is 6.86. The number of hydrogen-bond acceptors (Lipinski definition) is 4. The monoisotopic (exact) mass is 453 g/mol. The van der Waals surface area contributed by atoms with Gasteiger partial charge < -0.3 is 19.9 Å². The van der Waals surface area contributed by atoms with E-state index in [1.165, 1.54) is 12.7 Å². The maximum atomic E-state index is 13.3. The van der Waals surface area contributed by atoms with Gasteiger partial charge in [-0.25, -0.2) is 4.79 Å². The number of carbonyl (C=O) groups excluding carboxylic acids is 3. The molecule has 4 rings (SSSR count). The van der Waals surface area contributed by atoms with E-state index in [-0.39, 0.29) is 35.2 Å². The molecule has 2 saturated heterocycles. The van der Waals surface area contributed by atoms with E-state index in [4.69, 9.17) is 4.74 Å².